The van der Waals surface area contributed by atoms with Crippen molar-refractivity contribution in [2.45, 2.75) is 38.8 Å². The summed E-state index contributed by atoms with van der Waals surface area (Å²) in [5, 5.41) is 0. The van der Waals surface area contributed by atoms with Crippen LogP contribution in [0.25, 0.3) is 6.08 Å². The molecule has 0 N–H and O–H groups in total. The standard InChI is InChI=1S/C24H29NO4/c1-7-27-17-12-13-18(28-8-2)21-20(17)23(3,4)24(25(21)5)15-14-16-10-9-11-19(26-6)22(16)29-24/h9-15H,7-8H2,1-6H3. The highest BCUT2D eigenvalue weighted by Gasteiger charge is 2.60. The number of hydrogen-bond donors (Lipinski definition) is 0. The van der Waals surface area contributed by atoms with Gasteiger partial charge in [-0.3, -0.25) is 0 Å². The Hall–Kier alpha value is -2.82. The maximum absolute atomic E-state index is 6.78. The second kappa shape index (κ2) is 6.90. The zero-order valence-corrected chi connectivity index (χ0v) is 18.0. The molecule has 0 amide bonds. The van der Waals surface area contributed by atoms with Gasteiger partial charge < -0.3 is 23.8 Å². The van der Waals surface area contributed by atoms with Crippen molar-refractivity contribution < 1.29 is 18.9 Å². The highest BCUT2D eigenvalue weighted by molar-refractivity contribution is 5.80. The van der Waals surface area contributed by atoms with Crippen molar-refractivity contribution in [3.05, 3.63) is 47.5 Å². The van der Waals surface area contributed by atoms with Crippen LogP contribution < -0.4 is 23.8 Å². The van der Waals surface area contributed by atoms with Crippen LogP contribution in [0.15, 0.2) is 36.4 Å². The van der Waals surface area contributed by atoms with E-state index >= 15 is 0 Å². The molecule has 0 bridgehead atoms. The molecule has 1 unspecified atom stereocenters. The smallest absolute Gasteiger partial charge is 0.212 e. The first-order valence-electron chi connectivity index (χ1n) is 10.1. The molecule has 2 heterocycles. The molecule has 0 fully saturated rings. The number of fused-ring (bicyclic) bond motifs is 2. The zero-order valence-electron chi connectivity index (χ0n) is 18.0. The fourth-order valence-electron chi connectivity index (χ4n) is 4.65. The number of anilines is 1. The number of hydrogen-bond acceptors (Lipinski definition) is 5. The van der Waals surface area contributed by atoms with Gasteiger partial charge in [-0.05, 0) is 58.0 Å². The third-order valence-corrected chi connectivity index (χ3v) is 6.03. The number of benzene rings is 2. The number of methoxy groups -OCH3 is 1. The van der Waals surface area contributed by atoms with E-state index in [2.05, 4.69) is 37.9 Å². The Morgan fingerprint density at radius 2 is 1.66 bits per heavy atom. The van der Waals surface area contributed by atoms with Gasteiger partial charge in [-0.15, -0.1) is 0 Å². The second-order valence-electron chi connectivity index (χ2n) is 7.85. The molecule has 2 aromatic rings. The average molecular weight is 395 g/mol. The van der Waals surface area contributed by atoms with Crippen LogP contribution in [0.1, 0.15) is 38.8 Å². The first-order chi connectivity index (χ1) is 13.9. The zero-order chi connectivity index (χ0) is 20.8. The van der Waals surface area contributed by atoms with Gasteiger partial charge in [0.25, 0.3) is 0 Å². The maximum Gasteiger partial charge on any atom is 0.212 e. The largest absolute Gasteiger partial charge is 0.493 e. The van der Waals surface area contributed by atoms with E-state index in [1.807, 2.05) is 44.2 Å². The third-order valence-electron chi connectivity index (χ3n) is 6.03. The Morgan fingerprint density at radius 1 is 0.966 bits per heavy atom. The van der Waals surface area contributed by atoms with Crippen LogP contribution in [-0.2, 0) is 5.41 Å². The molecule has 2 aliphatic rings. The van der Waals surface area contributed by atoms with Crippen LogP contribution in [0.4, 0.5) is 5.69 Å². The average Bonchev–Trinajstić information content (AvgIpc) is 2.88. The molecular formula is C24H29NO4. The van der Waals surface area contributed by atoms with Crippen molar-refractivity contribution in [3.8, 4) is 23.0 Å². The number of nitrogens with zero attached hydrogens (tertiary/aromatic N) is 1. The summed E-state index contributed by atoms with van der Waals surface area (Å²) in [7, 11) is 3.72. The Bertz CT molecular complexity index is 966. The van der Waals surface area contributed by atoms with E-state index in [9.17, 15) is 0 Å². The second-order valence-corrected chi connectivity index (χ2v) is 7.85. The summed E-state index contributed by atoms with van der Waals surface area (Å²) in [4.78, 5) is 2.17. The van der Waals surface area contributed by atoms with E-state index in [1.165, 1.54) is 0 Å². The molecule has 1 atom stereocenters. The molecule has 1 spiro atoms. The fraction of sp³-hybridized carbons (Fsp3) is 0.417. The first-order valence-corrected chi connectivity index (χ1v) is 10.1. The van der Waals surface area contributed by atoms with Crippen molar-refractivity contribution in [2.75, 3.05) is 32.3 Å². The molecule has 29 heavy (non-hydrogen) atoms. The Kier molecular flexibility index (Phi) is 4.64. The van der Waals surface area contributed by atoms with E-state index in [1.54, 1.807) is 7.11 Å². The van der Waals surface area contributed by atoms with E-state index in [0.29, 0.717) is 13.2 Å². The van der Waals surface area contributed by atoms with E-state index in [-0.39, 0.29) is 0 Å². The topological polar surface area (TPSA) is 40.2 Å². The molecule has 0 saturated carbocycles. The summed E-state index contributed by atoms with van der Waals surface area (Å²) in [6.45, 7) is 9.57. The summed E-state index contributed by atoms with van der Waals surface area (Å²) < 4.78 is 24.4. The maximum atomic E-state index is 6.78. The van der Waals surface area contributed by atoms with Crippen molar-refractivity contribution in [1.29, 1.82) is 0 Å². The van der Waals surface area contributed by atoms with Crippen LogP contribution in [0.3, 0.4) is 0 Å². The third kappa shape index (κ3) is 2.60. The van der Waals surface area contributed by atoms with Crippen LogP contribution in [0.2, 0.25) is 0 Å². The molecule has 0 radical (unpaired) electrons. The normalized spacial score (nSPS) is 20.8. The monoisotopic (exact) mass is 395 g/mol. The van der Waals surface area contributed by atoms with Gasteiger partial charge in [0.05, 0.1) is 31.4 Å². The summed E-state index contributed by atoms with van der Waals surface area (Å²) in [5.41, 5.74) is 1.95. The lowest BCUT2D eigenvalue weighted by atomic mass is 9.76. The van der Waals surface area contributed by atoms with Crippen LogP contribution in [0.5, 0.6) is 23.0 Å². The minimum Gasteiger partial charge on any atom is -0.493 e. The van der Waals surface area contributed by atoms with Crippen molar-refractivity contribution in [2.24, 2.45) is 0 Å². The number of likely N-dealkylation sites (N-methyl/N-ethyl adjacent to an activating group) is 1. The molecular weight excluding hydrogens is 366 g/mol. The van der Waals surface area contributed by atoms with Gasteiger partial charge >= 0.3 is 0 Å². The summed E-state index contributed by atoms with van der Waals surface area (Å²) in [6, 6.07) is 9.93. The van der Waals surface area contributed by atoms with Gasteiger partial charge in [-0.1, -0.05) is 12.1 Å². The minimum atomic E-state index is -0.740. The van der Waals surface area contributed by atoms with Gasteiger partial charge in [0, 0.05) is 18.2 Å². The Labute approximate surface area is 172 Å². The summed E-state index contributed by atoms with van der Waals surface area (Å²) in [6.07, 6.45) is 4.26. The first kappa shape index (κ1) is 19.5. The molecule has 5 heteroatoms. The Balaban J connectivity index is 1.93. The van der Waals surface area contributed by atoms with Crippen molar-refractivity contribution >= 4 is 11.8 Å². The summed E-state index contributed by atoms with van der Waals surface area (Å²) >= 11 is 0. The SMILES string of the molecule is CCOc1ccc(OCC)c2c1N(C)C1(C=Cc3cccc(OC)c3O1)C2(C)C. The van der Waals surface area contributed by atoms with Crippen molar-refractivity contribution in [3.63, 3.8) is 0 Å². The molecule has 4 rings (SSSR count). The molecule has 154 valence electrons. The van der Waals surface area contributed by atoms with Gasteiger partial charge in [-0.2, -0.15) is 0 Å². The quantitative estimate of drug-likeness (QED) is 0.711. The lowest BCUT2D eigenvalue weighted by molar-refractivity contribution is 0.0540. The fourth-order valence-corrected chi connectivity index (χ4v) is 4.65. The van der Waals surface area contributed by atoms with Gasteiger partial charge in [-0.25, -0.2) is 0 Å². The predicted octanol–water partition coefficient (Wildman–Crippen LogP) is 5.02. The number of para-hydroxylation sites is 1. The van der Waals surface area contributed by atoms with Crippen molar-refractivity contribution in [1.82, 2.24) is 0 Å². The van der Waals surface area contributed by atoms with Crippen LogP contribution in [-0.4, -0.2) is 33.1 Å². The highest BCUT2D eigenvalue weighted by Crippen LogP contribution is 2.60. The molecule has 2 aliphatic heterocycles. The number of rotatable bonds is 5. The van der Waals surface area contributed by atoms with E-state index < -0.39 is 11.1 Å². The molecule has 0 aromatic heterocycles. The van der Waals surface area contributed by atoms with Crippen LogP contribution >= 0.6 is 0 Å². The predicted molar refractivity (Wildman–Crippen MR) is 116 cm³/mol. The summed E-state index contributed by atoms with van der Waals surface area (Å²) in [5.74, 6) is 3.17. The molecule has 0 saturated heterocycles. The minimum absolute atomic E-state index is 0.413. The highest BCUT2D eigenvalue weighted by atomic mass is 16.5. The molecule has 5 nitrogen and oxygen atoms in total. The van der Waals surface area contributed by atoms with E-state index in [4.69, 9.17) is 18.9 Å². The Morgan fingerprint density at radius 3 is 2.34 bits per heavy atom. The lowest BCUT2D eigenvalue weighted by Crippen LogP contribution is -2.58. The van der Waals surface area contributed by atoms with Gasteiger partial charge in [0.2, 0.25) is 5.72 Å². The van der Waals surface area contributed by atoms with Gasteiger partial charge in [0.1, 0.15) is 11.5 Å². The lowest BCUT2D eigenvalue weighted by Gasteiger charge is -2.46. The van der Waals surface area contributed by atoms with Crippen LogP contribution in [0, 0.1) is 0 Å². The molecule has 2 aromatic carbocycles. The number of ether oxygens (including phenoxy) is 4. The molecule has 0 aliphatic carbocycles. The van der Waals surface area contributed by atoms with E-state index in [0.717, 1.165) is 39.8 Å². The van der Waals surface area contributed by atoms with Gasteiger partial charge in [0.15, 0.2) is 11.5 Å².